The van der Waals surface area contributed by atoms with Gasteiger partial charge in [-0.2, -0.15) is 0 Å². The predicted molar refractivity (Wildman–Crippen MR) is 75.5 cm³/mol. The smallest absolute Gasteiger partial charge is 0.0702 e. The molecule has 0 aliphatic carbocycles. The van der Waals surface area contributed by atoms with E-state index < -0.39 is 0 Å². The van der Waals surface area contributed by atoms with Crippen LogP contribution >= 0.6 is 0 Å². The van der Waals surface area contributed by atoms with Crippen molar-refractivity contribution in [3.05, 3.63) is 41.6 Å². The van der Waals surface area contributed by atoms with Crippen molar-refractivity contribution in [2.75, 3.05) is 13.1 Å². The van der Waals surface area contributed by atoms with Crippen molar-refractivity contribution in [1.29, 1.82) is 0 Å². The van der Waals surface area contributed by atoms with Crippen LogP contribution in [0.5, 0.6) is 0 Å². The third kappa shape index (κ3) is 2.39. The molecule has 0 spiro atoms. The summed E-state index contributed by atoms with van der Waals surface area (Å²) in [5.74, 6) is 0.856. The molecule has 2 aromatic rings. The number of hydrogen-bond acceptors (Lipinski definition) is 2. The largest absolute Gasteiger partial charge is 0.299 e. The minimum atomic E-state index is 0.856. The molecule has 0 radical (unpaired) electrons. The van der Waals surface area contributed by atoms with E-state index in [0.717, 1.165) is 18.0 Å². The summed E-state index contributed by atoms with van der Waals surface area (Å²) in [5, 5.41) is 1.26. The molecule has 1 unspecified atom stereocenters. The number of rotatable bonds is 2. The van der Waals surface area contributed by atoms with E-state index in [1.165, 1.54) is 36.0 Å². The van der Waals surface area contributed by atoms with Gasteiger partial charge < -0.3 is 0 Å². The molecule has 1 aromatic heterocycles. The van der Waals surface area contributed by atoms with Gasteiger partial charge in [0.2, 0.25) is 0 Å². The second-order valence-corrected chi connectivity index (χ2v) is 5.67. The van der Waals surface area contributed by atoms with Gasteiger partial charge in [-0.3, -0.25) is 9.88 Å². The zero-order chi connectivity index (χ0) is 12.5. The Bertz CT molecular complexity index is 562. The van der Waals surface area contributed by atoms with Crippen LogP contribution in [0.2, 0.25) is 0 Å². The summed E-state index contributed by atoms with van der Waals surface area (Å²) in [6, 6.07) is 8.87. The van der Waals surface area contributed by atoms with Crippen LogP contribution in [0.15, 0.2) is 30.5 Å². The van der Waals surface area contributed by atoms with Gasteiger partial charge in [-0.15, -0.1) is 0 Å². The maximum atomic E-state index is 4.45. The van der Waals surface area contributed by atoms with Crippen molar-refractivity contribution in [3.8, 4) is 0 Å². The van der Waals surface area contributed by atoms with Crippen molar-refractivity contribution >= 4 is 10.9 Å². The number of aromatic nitrogens is 1. The van der Waals surface area contributed by atoms with Gasteiger partial charge in [0.15, 0.2) is 0 Å². The van der Waals surface area contributed by atoms with Crippen molar-refractivity contribution < 1.29 is 0 Å². The van der Waals surface area contributed by atoms with E-state index in [1.807, 2.05) is 6.20 Å². The molecule has 2 nitrogen and oxygen atoms in total. The minimum Gasteiger partial charge on any atom is -0.299 e. The SMILES string of the molecule is Cc1cnc2ccc(CN3CCC(C)C3)cc2c1. The fourth-order valence-electron chi connectivity index (χ4n) is 2.82. The summed E-state index contributed by atoms with van der Waals surface area (Å²) in [7, 11) is 0. The van der Waals surface area contributed by atoms with Crippen LogP contribution in [-0.2, 0) is 6.54 Å². The molecule has 94 valence electrons. The quantitative estimate of drug-likeness (QED) is 0.800. The monoisotopic (exact) mass is 240 g/mol. The summed E-state index contributed by atoms with van der Waals surface area (Å²) in [6.45, 7) is 8.00. The summed E-state index contributed by atoms with van der Waals surface area (Å²) in [5.41, 5.74) is 3.73. The van der Waals surface area contributed by atoms with Gasteiger partial charge in [0.25, 0.3) is 0 Å². The molecule has 0 saturated carbocycles. The molecule has 1 fully saturated rings. The summed E-state index contributed by atoms with van der Waals surface area (Å²) in [4.78, 5) is 7.00. The lowest BCUT2D eigenvalue weighted by Crippen LogP contribution is -2.19. The van der Waals surface area contributed by atoms with Gasteiger partial charge in [0.05, 0.1) is 5.52 Å². The second-order valence-electron chi connectivity index (χ2n) is 5.67. The molecule has 3 rings (SSSR count). The molecule has 1 aromatic carbocycles. The van der Waals surface area contributed by atoms with E-state index in [1.54, 1.807) is 0 Å². The fourth-order valence-corrected chi connectivity index (χ4v) is 2.82. The number of likely N-dealkylation sites (tertiary alicyclic amines) is 1. The summed E-state index contributed by atoms with van der Waals surface area (Å²) in [6.07, 6.45) is 3.28. The molecular weight excluding hydrogens is 220 g/mol. The number of aryl methyl sites for hydroxylation is 1. The summed E-state index contributed by atoms with van der Waals surface area (Å²) < 4.78 is 0. The first kappa shape index (κ1) is 11.7. The van der Waals surface area contributed by atoms with Gasteiger partial charge in [-0.05, 0) is 55.1 Å². The first-order chi connectivity index (χ1) is 8.70. The molecular formula is C16H20N2. The van der Waals surface area contributed by atoms with Crippen LogP contribution in [0.4, 0.5) is 0 Å². The Kier molecular flexibility index (Phi) is 3.04. The Hall–Kier alpha value is -1.41. The van der Waals surface area contributed by atoms with Crippen LogP contribution in [0.25, 0.3) is 10.9 Å². The van der Waals surface area contributed by atoms with Crippen molar-refractivity contribution in [3.63, 3.8) is 0 Å². The molecule has 1 aliphatic heterocycles. The molecule has 18 heavy (non-hydrogen) atoms. The van der Waals surface area contributed by atoms with Gasteiger partial charge in [0, 0.05) is 24.7 Å². The second kappa shape index (κ2) is 4.69. The van der Waals surface area contributed by atoms with Crippen LogP contribution in [-0.4, -0.2) is 23.0 Å². The fraction of sp³-hybridized carbons (Fsp3) is 0.438. The number of hydrogen-bond donors (Lipinski definition) is 0. The first-order valence-corrected chi connectivity index (χ1v) is 6.78. The molecule has 2 heteroatoms. The molecule has 2 heterocycles. The Balaban J connectivity index is 1.84. The number of fused-ring (bicyclic) bond motifs is 1. The highest BCUT2D eigenvalue weighted by atomic mass is 15.1. The van der Waals surface area contributed by atoms with E-state index in [9.17, 15) is 0 Å². The van der Waals surface area contributed by atoms with E-state index >= 15 is 0 Å². The standard InChI is InChI=1S/C16H20N2/c1-12-5-6-18(10-12)11-14-3-4-16-15(8-14)7-13(2)9-17-16/h3-4,7-9,12H,5-6,10-11H2,1-2H3. The lowest BCUT2D eigenvalue weighted by Gasteiger charge is -2.15. The van der Waals surface area contributed by atoms with Crippen molar-refractivity contribution in [2.24, 2.45) is 5.92 Å². The third-order valence-electron chi connectivity index (χ3n) is 3.80. The van der Waals surface area contributed by atoms with E-state index in [-0.39, 0.29) is 0 Å². The zero-order valence-electron chi connectivity index (χ0n) is 11.2. The van der Waals surface area contributed by atoms with Crippen molar-refractivity contribution in [2.45, 2.75) is 26.8 Å². The van der Waals surface area contributed by atoms with Crippen LogP contribution < -0.4 is 0 Å². The van der Waals surface area contributed by atoms with E-state index in [2.05, 4.69) is 48.0 Å². The maximum Gasteiger partial charge on any atom is 0.0702 e. The molecule has 0 amide bonds. The highest BCUT2D eigenvalue weighted by Crippen LogP contribution is 2.20. The maximum absolute atomic E-state index is 4.45. The number of pyridine rings is 1. The van der Waals surface area contributed by atoms with Crippen LogP contribution in [0.3, 0.4) is 0 Å². The van der Waals surface area contributed by atoms with Crippen LogP contribution in [0.1, 0.15) is 24.5 Å². The van der Waals surface area contributed by atoms with Crippen LogP contribution in [0, 0.1) is 12.8 Å². The van der Waals surface area contributed by atoms with E-state index in [0.29, 0.717) is 0 Å². The minimum absolute atomic E-state index is 0.856. The van der Waals surface area contributed by atoms with Gasteiger partial charge >= 0.3 is 0 Å². The van der Waals surface area contributed by atoms with Gasteiger partial charge in [0.1, 0.15) is 0 Å². The third-order valence-corrected chi connectivity index (χ3v) is 3.80. The average Bonchev–Trinajstić information content (AvgIpc) is 2.74. The predicted octanol–water partition coefficient (Wildman–Crippen LogP) is 3.39. The molecule has 1 atom stereocenters. The lowest BCUT2D eigenvalue weighted by molar-refractivity contribution is 0.320. The van der Waals surface area contributed by atoms with E-state index in [4.69, 9.17) is 0 Å². The number of nitrogens with zero attached hydrogens (tertiary/aromatic N) is 2. The van der Waals surface area contributed by atoms with Gasteiger partial charge in [-0.25, -0.2) is 0 Å². The normalized spacial score (nSPS) is 20.7. The highest BCUT2D eigenvalue weighted by molar-refractivity contribution is 5.79. The lowest BCUT2D eigenvalue weighted by atomic mass is 10.1. The highest BCUT2D eigenvalue weighted by Gasteiger charge is 2.18. The van der Waals surface area contributed by atoms with Crippen molar-refractivity contribution in [1.82, 2.24) is 9.88 Å². The molecule has 1 saturated heterocycles. The molecule has 0 N–H and O–H groups in total. The topological polar surface area (TPSA) is 16.1 Å². The zero-order valence-corrected chi connectivity index (χ0v) is 11.2. The number of benzene rings is 1. The average molecular weight is 240 g/mol. The van der Waals surface area contributed by atoms with Gasteiger partial charge in [-0.1, -0.05) is 13.0 Å². The Morgan fingerprint density at radius 3 is 3.00 bits per heavy atom. The summed E-state index contributed by atoms with van der Waals surface area (Å²) >= 11 is 0. The Morgan fingerprint density at radius 2 is 2.22 bits per heavy atom. The Labute approximate surface area is 109 Å². The molecule has 1 aliphatic rings. The molecule has 0 bridgehead atoms. The Morgan fingerprint density at radius 1 is 1.33 bits per heavy atom. The first-order valence-electron chi connectivity index (χ1n) is 6.78.